The second kappa shape index (κ2) is 9.44. The van der Waals surface area contributed by atoms with Crippen molar-refractivity contribution in [1.29, 1.82) is 0 Å². The van der Waals surface area contributed by atoms with Crippen LogP contribution in [0, 0.1) is 5.92 Å². The third-order valence-corrected chi connectivity index (χ3v) is 3.83. The molecule has 0 aromatic heterocycles. The molecule has 0 heterocycles. The number of halogens is 1. The first-order valence-electron chi connectivity index (χ1n) is 7.70. The first-order chi connectivity index (χ1) is 9.95. The maximum atomic E-state index is 5.09. The Morgan fingerprint density at radius 1 is 1.24 bits per heavy atom. The molecular formula is C17H29BrN2O. The third-order valence-electron chi connectivity index (χ3n) is 3.34. The second-order valence-electron chi connectivity index (χ2n) is 6.08. The third kappa shape index (κ3) is 6.37. The predicted molar refractivity (Wildman–Crippen MR) is 95.0 cm³/mol. The van der Waals surface area contributed by atoms with Gasteiger partial charge in [-0.15, -0.1) is 0 Å². The zero-order valence-electron chi connectivity index (χ0n) is 13.9. The van der Waals surface area contributed by atoms with Crippen LogP contribution < -0.4 is 10.2 Å². The highest BCUT2D eigenvalue weighted by Gasteiger charge is 2.16. The van der Waals surface area contributed by atoms with Crippen molar-refractivity contribution in [3.05, 3.63) is 28.2 Å². The van der Waals surface area contributed by atoms with Crippen LogP contribution in [0.3, 0.4) is 0 Å². The molecule has 0 amide bonds. The van der Waals surface area contributed by atoms with E-state index in [1.165, 1.54) is 11.3 Å². The smallest absolute Gasteiger partial charge is 0.0587 e. The minimum absolute atomic E-state index is 0.486. The molecule has 1 N–H and O–H groups in total. The zero-order chi connectivity index (χ0) is 15.8. The van der Waals surface area contributed by atoms with Crippen LogP contribution in [0.4, 0.5) is 5.69 Å². The van der Waals surface area contributed by atoms with E-state index in [2.05, 4.69) is 72.0 Å². The van der Waals surface area contributed by atoms with E-state index >= 15 is 0 Å². The molecule has 0 radical (unpaired) electrons. The minimum atomic E-state index is 0.486. The SMILES string of the molecule is COCCNCc1ccc(Br)cc1N(CC(C)C)C(C)C. The molecule has 1 rings (SSSR count). The van der Waals surface area contributed by atoms with Gasteiger partial charge in [0.2, 0.25) is 0 Å². The Balaban J connectivity index is 2.92. The van der Waals surface area contributed by atoms with Gasteiger partial charge in [-0.1, -0.05) is 35.8 Å². The summed E-state index contributed by atoms with van der Waals surface area (Å²) in [6.07, 6.45) is 0. The number of hydrogen-bond donors (Lipinski definition) is 1. The Labute approximate surface area is 138 Å². The monoisotopic (exact) mass is 356 g/mol. The van der Waals surface area contributed by atoms with Crippen LogP contribution in [0.5, 0.6) is 0 Å². The van der Waals surface area contributed by atoms with E-state index < -0.39 is 0 Å². The molecule has 1 aromatic rings. The number of anilines is 1. The fourth-order valence-corrected chi connectivity index (χ4v) is 2.68. The Morgan fingerprint density at radius 2 is 1.95 bits per heavy atom. The Bertz CT molecular complexity index is 421. The number of ether oxygens (including phenoxy) is 1. The normalized spacial score (nSPS) is 11.4. The summed E-state index contributed by atoms with van der Waals surface area (Å²) in [7, 11) is 1.73. The molecule has 0 atom stereocenters. The Hall–Kier alpha value is -0.580. The summed E-state index contributed by atoms with van der Waals surface area (Å²) >= 11 is 3.61. The molecule has 0 aliphatic carbocycles. The molecule has 0 aliphatic rings. The van der Waals surface area contributed by atoms with Crippen molar-refractivity contribution < 1.29 is 4.74 Å². The summed E-state index contributed by atoms with van der Waals surface area (Å²) < 4.78 is 6.22. The quantitative estimate of drug-likeness (QED) is 0.675. The lowest BCUT2D eigenvalue weighted by molar-refractivity contribution is 0.199. The van der Waals surface area contributed by atoms with Crippen LogP contribution in [0.25, 0.3) is 0 Å². The van der Waals surface area contributed by atoms with E-state index in [1.54, 1.807) is 7.11 Å². The lowest BCUT2D eigenvalue weighted by atomic mass is 10.1. The average Bonchev–Trinajstić information content (AvgIpc) is 2.42. The number of methoxy groups -OCH3 is 1. The number of rotatable bonds is 9. The highest BCUT2D eigenvalue weighted by atomic mass is 79.9. The second-order valence-corrected chi connectivity index (χ2v) is 7.00. The molecule has 0 bridgehead atoms. The van der Waals surface area contributed by atoms with Crippen LogP contribution >= 0.6 is 15.9 Å². The molecule has 0 spiro atoms. The number of hydrogen-bond acceptors (Lipinski definition) is 3. The van der Waals surface area contributed by atoms with Gasteiger partial charge < -0.3 is 15.0 Å². The van der Waals surface area contributed by atoms with Gasteiger partial charge in [0.1, 0.15) is 0 Å². The standard InChI is InChI=1S/C17H29BrN2O/c1-13(2)12-20(14(3)4)17-10-16(18)7-6-15(17)11-19-8-9-21-5/h6-7,10,13-14,19H,8-9,11-12H2,1-5H3. The number of benzene rings is 1. The molecule has 0 unspecified atom stereocenters. The molecule has 0 saturated carbocycles. The van der Waals surface area contributed by atoms with Crippen LogP contribution in [-0.2, 0) is 11.3 Å². The fraction of sp³-hybridized carbons (Fsp3) is 0.647. The topological polar surface area (TPSA) is 24.5 Å². The molecule has 1 aromatic carbocycles. The van der Waals surface area contributed by atoms with Crippen molar-refractivity contribution in [2.45, 2.75) is 40.3 Å². The van der Waals surface area contributed by atoms with E-state index in [9.17, 15) is 0 Å². The van der Waals surface area contributed by atoms with Crippen LogP contribution in [0.1, 0.15) is 33.3 Å². The van der Waals surface area contributed by atoms with Gasteiger partial charge in [-0.2, -0.15) is 0 Å². The summed E-state index contributed by atoms with van der Waals surface area (Å²) in [4.78, 5) is 2.49. The summed E-state index contributed by atoms with van der Waals surface area (Å²) in [5, 5.41) is 3.44. The van der Waals surface area contributed by atoms with Gasteiger partial charge in [-0.3, -0.25) is 0 Å². The summed E-state index contributed by atoms with van der Waals surface area (Å²) in [5.74, 6) is 0.640. The first kappa shape index (κ1) is 18.5. The van der Waals surface area contributed by atoms with E-state index in [1.807, 2.05) is 0 Å². The Kier molecular flexibility index (Phi) is 8.30. The van der Waals surface area contributed by atoms with E-state index in [-0.39, 0.29) is 0 Å². The molecule has 4 heteroatoms. The van der Waals surface area contributed by atoms with Gasteiger partial charge in [0.15, 0.2) is 0 Å². The van der Waals surface area contributed by atoms with Gasteiger partial charge in [0.25, 0.3) is 0 Å². The lowest BCUT2D eigenvalue weighted by Gasteiger charge is -2.33. The van der Waals surface area contributed by atoms with Crippen LogP contribution in [0.2, 0.25) is 0 Å². The Morgan fingerprint density at radius 3 is 2.52 bits per heavy atom. The zero-order valence-corrected chi connectivity index (χ0v) is 15.5. The number of nitrogens with one attached hydrogen (secondary N) is 1. The molecule has 0 fully saturated rings. The van der Waals surface area contributed by atoms with E-state index in [4.69, 9.17) is 4.74 Å². The fourth-order valence-electron chi connectivity index (χ4n) is 2.33. The minimum Gasteiger partial charge on any atom is -0.383 e. The van der Waals surface area contributed by atoms with E-state index in [0.717, 1.165) is 30.7 Å². The van der Waals surface area contributed by atoms with Gasteiger partial charge >= 0.3 is 0 Å². The number of nitrogens with zero attached hydrogens (tertiary/aromatic N) is 1. The van der Waals surface area contributed by atoms with Gasteiger partial charge in [-0.25, -0.2) is 0 Å². The lowest BCUT2D eigenvalue weighted by Crippen LogP contribution is -2.35. The summed E-state index contributed by atoms with van der Waals surface area (Å²) in [6.45, 7) is 12.6. The van der Waals surface area contributed by atoms with Crippen molar-refractivity contribution >= 4 is 21.6 Å². The molecular weight excluding hydrogens is 328 g/mol. The average molecular weight is 357 g/mol. The van der Waals surface area contributed by atoms with Gasteiger partial charge in [0, 0.05) is 42.9 Å². The van der Waals surface area contributed by atoms with Crippen LogP contribution in [-0.4, -0.2) is 32.8 Å². The van der Waals surface area contributed by atoms with E-state index in [0.29, 0.717) is 12.0 Å². The van der Waals surface area contributed by atoms with Crippen molar-refractivity contribution in [3.63, 3.8) is 0 Å². The molecule has 21 heavy (non-hydrogen) atoms. The highest BCUT2D eigenvalue weighted by Crippen LogP contribution is 2.27. The van der Waals surface area contributed by atoms with Gasteiger partial charge in [-0.05, 0) is 37.5 Å². The highest BCUT2D eigenvalue weighted by molar-refractivity contribution is 9.10. The predicted octanol–water partition coefficient (Wildman–Crippen LogP) is 4.06. The maximum Gasteiger partial charge on any atom is 0.0587 e. The molecule has 0 aliphatic heterocycles. The summed E-state index contributed by atoms with van der Waals surface area (Å²) in [5.41, 5.74) is 2.65. The van der Waals surface area contributed by atoms with Crippen molar-refractivity contribution in [2.75, 3.05) is 31.7 Å². The van der Waals surface area contributed by atoms with Crippen molar-refractivity contribution in [1.82, 2.24) is 5.32 Å². The maximum absolute atomic E-state index is 5.09. The first-order valence-corrected chi connectivity index (χ1v) is 8.49. The van der Waals surface area contributed by atoms with Crippen molar-refractivity contribution in [3.8, 4) is 0 Å². The molecule has 3 nitrogen and oxygen atoms in total. The van der Waals surface area contributed by atoms with Gasteiger partial charge in [0.05, 0.1) is 6.61 Å². The molecule has 0 saturated heterocycles. The summed E-state index contributed by atoms with van der Waals surface area (Å²) in [6, 6.07) is 7.04. The van der Waals surface area contributed by atoms with Crippen molar-refractivity contribution in [2.24, 2.45) is 5.92 Å². The van der Waals surface area contributed by atoms with Crippen LogP contribution in [0.15, 0.2) is 22.7 Å². The largest absolute Gasteiger partial charge is 0.383 e. The molecule has 120 valence electrons.